The van der Waals surface area contributed by atoms with E-state index >= 15 is 0 Å². The number of nitrogens with one attached hydrogen (secondary N) is 2. The zero-order chi connectivity index (χ0) is 19.4. The Morgan fingerprint density at radius 3 is 2.41 bits per heavy atom. The molecule has 0 amide bonds. The van der Waals surface area contributed by atoms with Gasteiger partial charge in [-0.2, -0.15) is 18.3 Å². The number of nitrogens with zero attached hydrogens (tertiary/aromatic N) is 1. The summed E-state index contributed by atoms with van der Waals surface area (Å²) in [6.45, 7) is 0.399. The van der Waals surface area contributed by atoms with Gasteiger partial charge < -0.3 is 14.8 Å². The molecule has 3 rings (SSSR count). The second-order valence-electron chi connectivity index (χ2n) is 5.75. The van der Waals surface area contributed by atoms with Crippen molar-refractivity contribution in [2.45, 2.75) is 12.7 Å². The molecule has 5 nitrogen and oxygen atoms in total. The Bertz CT molecular complexity index is 905. The first-order chi connectivity index (χ1) is 12.9. The van der Waals surface area contributed by atoms with Gasteiger partial charge in [-0.1, -0.05) is 12.1 Å². The lowest BCUT2D eigenvalue weighted by atomic mass is 10.1. The van der Waals surface area contributed by atoms with E-state index in [-0.39, 0.29) is 0 Å². The van der Waals surface area contributed by atoms with Crippen molar-refractivity contribution in [1.29, 1.82) is 0 Å². The van der Waals surface area contributed by atoms with Gasteiger partial charge in [-0.25, -0.2) is 0 Å². The van der Waals surface area contributed by atoms with Gasteiger partial charge in [0.15, 0.2) is 0 Å². The Kier molecular flexibility index (Phi) is 5.25. The molecule has 2 aromatic carbocycles. The lowest BCUT2D eigenvalue weighted by molar-refractivity contribution is -0.137. The van der Waals surface area contributed by atoms with E-state index in [9.17, 15) is 13.2 Å². The maximum atomic E-state index is 12.7. The third kappa shape index (κ3) is 4.16. The summed E-state index contributed by atoms with van der Waals surface area (Å²) in [5, 5.41) is 10.2. The van der Waals surface area contributed by atoms with Crippen LogP contribution in [0.25, 0.3) is 11.3 Å². The van der Waals surface area contributed by atoms with E-state index in [1.165, 1.54) is 12.1 Å². The number of hydrogen-bond donors (Lipinski definition) is 2. The second-order valence-corrected chi connectivity index (χ2v) is 5.75. The van der Waals surface area contributed by atoms with Gasteiger partial charge in [-0.15, -0.1) is 0 Å². The average Bonchev–Trinajstić information content (AvgIpc) is 3.14. The van der Waals surface area contributed by atoms with Gasteiger partial charge in [0, 0.05) is 29.9 Å². The summed E-state index contributed by atoms with van der Waals surface area (Å²) in [6.07, 6.45) is -2.66. The number of H-pyrrole nitrogens is 1. The van der Waals surface area contributed by atoms with Crippen LogP contribution in [0.3, 0.4) is 0 Å². The molecular formula is C19H18F3N3O2. The molecule has 0 saturated carbocycles. The number of aromatic nitrogens is 2. The number of anilines is 1. The summed E-state index contributed by atoms with van der Waals surface area (Å²) in [6, 6.07) is 10.3. The largest absolute Gasteiger partial charge is 0.497 e. The lowest BCUT2D eigenvalue weighted by Gasteiger charge is -2.13. The molecule has 0 saturated heterocycles. The Labute approximate surface area is 154 Å². The van der Waals surface area contributed by atoms with E-state index in [2.05, 4.69) is 15.5 Å². The Morgan fingerprint density at radius 1 is 1.04 bits per heavy atom. The van der Waals surface area contributed by atoms with Crippen LogP contribution in [0.1, 0.15) is 11.1 Å². The number of ether oxygens (including phenoxy) is 2. The third-order valence-electron chi connectivity index (χ3n) is 4.08. The van der Waals surface area contributed by atoms with Gasteiger partial charge in [0.25, 0.3) is 0 Å². The van der Waals surface area contributed by atoms with Gasteiger partial charge >= 0.3 is 6.18 Å². The molecule has 0 aliphatic carbocycles. The lowest BCUT2D eigenvalue weighted by Crippen LogP contribution is -2.04. The van der Waals surface area contributed by atoms with E-state index in [0.717, 1.165) is 23.4 Å². The molecule has 1 heterocycles. The highest BCUT2D eigenvalue weighted by Gasteiger charge is 2.30. The molecule has 0 unspecified atom stereocenters. The molecule has 0 fully saturated rings. The van der Waals surface area contributed by atoms with E-state index in [1.54, 1.807) is 38.6 Å². The number of benzene rings is 2. The minimum absolute atomic E-state index is 0.399. The molecule has 27 heavy (non-hydrogen) atoms. The fraction of sp³-hybridized carbons (Fsp3) is 0.211. The number of hydrogen-bond acceptors (Lipinski definition) is 4. The highest BCUT2D eigenvalue weighted by molar-refractivity contribution is 5.65. The monoisotopic (exact) mass is 377 g/mol. The van der Waals surface area contributed by atoms with Crippen molar-refractivity contribution in [3.05, 3.63) is 59.8 Å². The SMILES string of the molecule is COc1ccc(OC)c(NCc2c[nH]nc2-c2ccc(C(F)(F)F)cc2)c1. The van der Waals surface area contributed by atoms with Crippen LogP contribution in [-0.2, 0) is 12.7 Å². The van der Waals surface area contributed by atoms with E-state index in [1.807, 2.05) is 0 Å². The van der Waals surface area contributed by atoms with Crippen molar-refractivity contribution in [2.24, 2.45) is 0 Å². The predicted octanol–water partition coefficient (Wildman–Crippen LogP) is 4.72. The zero-order valence-electron chi connectivity index (χ0n) is 14.7. The topological polar surface area (TPSA) is 59.2 Å². The highest BCUT2D eigenvalue weighted by atomic mass is 19.4. The van der Waals surface area contributed by atoms with Crippen molar-refractivity contribution in [1.82, 2.24) is 10.2 Å². The summed E-state index contributed by atoms with van der Waals surface area (Å²) in [7, 11) is 3.14. The number of halogens is 3. The molecule has 0 aliphatic rings. The molecule has 142 valence electrons. The van der Waals surface area contributed by atoms with Crippen molar-refractivity contribution in [2.75, 3.05) is 19.5 Å². The molecule has 0 aliphatic heterocycles. The van der Waals surface area contributed by atoms with E-state index < -0.39 is 11.7 Å². The molecule has 0 atom stereocenters. The molecule has 0 radical (unpaired) electrons. The number of rotatable bonds is 6. The number of aromatic amines is 1. The van der Waals surface area contributed by atoms with E-state index in [0.29, 0.717) is 29.3 Å². The van der Waals surface area contributed by atoms with Crippen molar-refractivity contribution >= 4 is 5.69 Å². The summed E-state index contributed by atoms with van der Waals surface area (Å²) in [5.74, 6) is 1.32. The third-order valence-corrected chi connectivity index (χ3v) is 4.08. The molecule has 1 aromatic heterocycles. The van der Waals surface area contributed by atoms with Crippen LogP contribution in [0.2, 0.25) is 0 Å². The Balaban J connectivity index is 1.80. The van der Waals surface area contributed by atoms with Crippen LogP contribution in [0.15, 0.2) is 48.7 Å². The minimum atomic E-state index is -4.36. The summed E-state index contributed by atoms with van der Waals surface area (Å²) < 4.78 is 48.7. The van der Waals surface area contributed by atoms with Crippen LogP contribution in [0.5, 0.6) is 11.5 Å². The summed E-state index contributed by atoms with van der Waals surface area (Å²) in [5.41, 5.74) is 2.02. The number of methoxy groups -OCH3 is 2. The first-order valence-electron chi connectivity index (χ1n) is 8.08. The minimum Gasteiger partial charge on any atom is -0.497 e. The molecule has 8 heteroatoms. The van der Waals surface area contributed by atoms with Crippen molar-refractivity contribution in [3.63, 3.8) is 0 Å². The average molecular weight is 377 g/mol. The quantitative estimate of drug-likeness (QED) is 0.652. The zero-order valence-corrected chi connectivity index (χ0v) is 14.7. The molecule has 0 bridgehead atoms. The fourth-order valence-corrected chi connectivity index (χ4v) is 2.66. The van der Waals surface area contributed by atoms with Crippen molar-refractivity contribution < 1.29 is 22.6 Å². The van der Waals surface area contributed by atoms with Crippen LogP contribution in [0.4, 0.5) is 18.9 Å². The van der Waals surface area contributed by atoms with Crippen LogP contribution < -0.4 is 14.8 Å². The van der Waals surface area contributed by atoms with Gasteiger partial charge in [0.1, 0.15) is 11.5 Å². The fourth-order valence-electron chi connectivity index (χ4n) is 2.66. The molecule has 2 N–H and O–H groups in total. The predicted molar refractivity (Wildman–Crippen MR) is 95.9 cm³/mol. The van der Waals surface area contributed by atoms with E-state index in [4.69, 9.17) is 9.47 Å². The highest BCUT2D eigenvalue weighted by Crippen LogP contribution is 2.32. The van der Waals surface area contributed by atoms with Gasteiger partial charge in [-0.05, 0) is 24.3 Å². The summed E-state index contributed by atoms with van der Waals surface area (Å²) >= 11 is 0. The second kappa shape index (κ2) is 7.61. The van der Waals surface area contributed by atoms with Gasteiger partial charge in [0.2, 0.25) is 0 Å². The first-order valence-corrected chi connectivity index (χ1v) is 8.08. The number of alkyl halides is 3. The van der Waals surface area contributed by atoms with Gasteiger partial charge in [0.05, 0.1) is 31.2 Å². The normalized spacial score (nSPS) is 11.3. The van der Waals surface area contributed by atoms with Crippen LogP contribution >= 0.6 is 0 Å². The van der Waals surface area contributed by atoms with Crippen LogP contribution in [0, 0.1) is 0 Å². The molecule has 0 spiro atoms. The maximum absolute atomic E-state index is 12.7. The first kappa shape index (κ1) is 18.6. The molecular weight excluding hydrogens is 359 g/mol. The standard InChI is InChI=1S/C19H18F3N3O2/c1-26-15-7-8-17(27-2)16(9-15)23-10-13-11-24-25-18(13)12-3-5-14(6-4-12)19(20,21)22/h3-9,11,23H,10H2,1-2H3,(H,24,25). The maximum Gasteiger partial charge on any atom is 0.416 e. The smallest absolute Gasteiger partial charge is 0.416 e. The van der Waals surface area contributed by atoms with Crippen molar-refractivity contribution in [3.8, 4) is 22.8 Å². The molecule has 3 aromatic rings. The van der Waals surface area contributed by atoms with Gasteiger partial charge in [-0.3, -0.25) is 5.10 Å². The van der Waals surface area contributed by atoms with Crippen LogP contribution in [-0.4, -0.2) is 24.4 Å². The Hall–Kier alpha value is -3.16. The Morgan fingerprint density at radius 2 is 1.78 bits per heavy atom. The summed E-state index contributed by atoms with van der Waals surface area (Å²) in [4.78, 5) is 0.